The topological polar surface area (TPSA) is 69.6 Å². The van der Waals surface area contributed by atoms with E-state index in [2.05, 4.69) is 0 Å². The Morgan fingerprint density at radius 3 is 2.18 bits per heavy atom. The largest absolute Gasteiger partial charge is 0.383 e. The van der Waals surface area contributed by atoms with Crippen LogP contribution in [0.3, 0.4) is 0 Å². The quantitative estimate of drug-likeness (QED) is 0.454. The van der Waals surface area contributed by atoms with E-state index in [-0.39, 0.29) is 12.8 Å². The summed E-state index contributed by atoms with van der Waals surface area (Å²) in [7, 11) is 0. The fraction of sp³-hybridized carbons (Fsp3) is 0.318. The number of hydroxylamine groups is 1. The summed E-state index contributed by atoms with van der Waals surface area (Å²) in [6.45, 7) is 2.12. The first-order valence-electron chi connectivity index (χ1n) is 8.99. The predicted octanol–water partition coefficient (Wildman–Crippen LogP) is 4.67. The second kappa shape index (κ2) is 9.08. The highest BCUT2D eigenvalue weighted by Gasteiger charge is 2.54. The van der Waals surface area contributed by atoms with E-state index in [0.29, 0.717) is 0 Å². The molecule has 150 valence electrons. The molecule has 0 radical (unpaired) electrons. The van der Waals surface area contributed by atoms with Gasteiger partial charge in [-0.05, 0) is 43.4 Å². The Bertz CT molecular complexity index is 804. The lowest BCUT2D eigenvalue weighted by Crippen LogP contribution is -2.57. The summed E-state index contributed by atoms with van der Waals surface area (Å²) < 4.78 is 26.5. The van der Waals surface area contributed by atoms with Crippen LogP contribution >= 0.6 is 0 Å². The summed E-state index contributed by atoms with van der Waals surface area (Å²) in [4.78, 5) is 11.9. The number of alkyl halides is 2. The van der Waals surface area contributed by atoms with E-state index in [1.54, 1.807) is 6.08 Å². The highest BCUT2D eigenvalue weighted by molar-refractivity contribution is 5.82. The van der Waals surface area contributed by atoms with Crippen LogP contribution in [0.2, 0.25) is 0 Å². The van der Waals surface area contributed by atoms with Gasteiger partial charge in [-0.1, -0.05) is 66.7 Å². The fourth-order valence-electron chi connectivity index (χ4n) is 2.97. The molecule has 2 aromatic rings. The Balaban J connectivity index is 2.06. The van der Waals surface area contributed by atoms with Crippen molar-refractivity contribution in [3.8, 4) is 11.1 Å². The highest BCUT2D eigenvalue weighted by Crippen LogP contribution is 2.40. The van der Waals surface area contributed by atoms with Gasteiger partial charge in [0.2, 0.25) is 0 Å². The SMILES string of the molecule is CC(CC/C=C/c1ccc(-c2ccccc2)cc1)(C(=O)NO)C(C)(O)C(F)F. The van der Waals surface area contributed by atoms with Crippen LogP contribution in [0.1, 0.15) is 32.3 Å². The Hall–Kier alpha value is -2.57. The van der Waals surface area contributed by atoms with E-state index in [0.717, 1.165) is 23.6 Å². The minimum atomic E-state index is -3.13. The van der Waals surface area contributed by atoms with Crippen LogP contribution in [0, 0.1) is 5.41 Å². The lowest BCUT2D eigenvalue weighted by Gasteiger charge is -2.40. The number of benzene rings is 2. The van der Waals surface area contributed by atoms with Crippen molar-refractivity contribution in [2.75, 3.05) is 0 Å². The van der Waals surface area contributed by atoms with Crippen molar-refractivity contribution < 1.29 is 23.9 Å². The lowest BCUT2D eigenvalue weighted by atomic mass is 9.70. The molecule has 2 unspecified atom stereocenters. The molecule has 0 aliphatic heterocycles. The molecule has 3 N–H and O–H groups in total. The van der Waals surface area contributed by atoms with E-state index in [4.69, 9.17) is 5.21 Å². The number of hydrogen-bond donors (Lipinski definition) is 3. The molecule has 0 saturated carbocycles. The Morgan fingerprint density at radius 2 is 1.64 bits per heavy atom. The smallest absolute Gasteiger partial charge is 0.267 e. The maximum Gasteiger partial charge on any atom is 0.267 e. The van der Waals surface area contributed by atoms with Gasteiger partial charge in [0.25, 0.3) is 12.3 Å². The van der Waals surface area contributed by atoms with Gasteiger partial charge in [-0.3, -0.25) is 10.0 Å². The second-order valence-electron chi connectivity index (χ2n) is 7.15. The van der Waals surface area contributed by atoms with Gasteiger partial charge in [0.1, 0.15) is 5.60 Å². The average molecular weight is 389 g/mol. The summed E-state index contributed by atoms with van der Waals surface area (Å²) in [5, 5.41) is 19.0. The zero-order valence-electron chi connectivity index (χ0n) is 15.9. The monoisotopic (exact) mass is 389 g/mol. The standard InChI is InChI=1S/C22H25F2NO3/c1-21(20(26)25-28,22(2,27)19(23)24)15-7-6-8-16-11-13-18(14-12-16)17-9-4-3-5-10-17/h3-6,8-14,19,27-28H,7,15H2,1-2H3,(H,25,26)/b8-6+. The Morgan fingerprint density at radius 1 is 1.07 bits per heavy atom. The van der Waals surface area contributed by atoms with E-state index >= 15 is 0 Å². The molecule has 0 fully saturated rings. The molecule has 0 aromatic heterocycles. The molecule has 2 aromatic carbocycles. The Labute approximate surface area is 163 Å². The van der Waals surface area contributed by atoms with Crippen molar-refractivity contribution in [2.45, 2.75) is 38.7 Å². The number of hydrogen-bond acceptors (Lipinski definition) is 3. The number of aliphatic hydroxyl groups is 1. The van der Waals surface area contributed by atoms with Crippen LogP contribution in [0.4, 0.5) is 8.78 Å². The number of carbonyl (C=O) groups excluding carboxylic acids is 1. The van der Waals surface area contributed by atoms with Gasteiger partial charge in [0.15, 0.2) is 0 Å². The van der Waals surface area contributed by atoms with Crippen LogP contribution in [0.15, 0.2) is 60.7 Å². The first kappa shape index (κ1) is 21.7. The number of halogens is 2. The second-order valence-corrected chi connectivity index (χ2v) is 7.15. The fourth-order valence-corrected chi connectivity index (χ4v) is 2.97. The molecule has 4 nitrogen and oxygen atoms in total. The van der Waals surface area contributed by atoms with Crippen molar-refractivity contribution >= 4 is 12.0 Å². The van der Waals surface area contributed by atoms with Gasteiger partial charge in [-0.15, -0.1) is 0 Å². The number of allylic oxidation sites excluding steroid dienone is 1. The highest BCUT2D eigenvalue weighted by atomic mass is 19.3. The maximum atomic E-state index is 13.2. The van der Waals surface area contributed by atoms with Gasteiger partial charge in [0, 0.05) is 0 Å². The van der Waals surface area contributed by atoms with Crippen LogP contribution in [-0.2, 0) is 4.79 Å². The van der Waals surface area contributed by atoms with Gasteiger partial charge in [-0.2, -0.15) is 0 Å². The van der Waals surface area contributed by atoms with Crippen LogP contribution in [0.5, 0.6) is 0 Å². The summed E-state index contributed by atoms with van der Waals surface area (Å²) >= 11 is 0. The van der Waals surface area contributed by atoms with E-state index in [1.165, 1.54) is 12.4 Å². The first-order valence-corrected chi connectivity index (χ1v) is 8.99. The lowest BCUT2D eigenvalue weighted by molar-refractivity contribution is -0.182. The molecule has 6 heteroatoms. The number of amides is 1. The molecule has 2 atom stereocenters. The van der Waals surface area contributed by atoms with Gasteiger partial charge in [0.05, 0.1) is 5.41 Å². The summed E-state index contributed by atoms with van der Waals surface area (Å²) in [5.41, 5.74) is 0.0778. The molecule has 28 heavy (non-hydrogen) atoms. The molecule has 1 amide bonds. The van der Waals surface area contributed by atoms with Crippen molar-refractivity contribution in [3.05, 3.63) is 66.2 Å². The number of rotatable bonds is 8. The zero-order chi connectivity index (χ0) is 20.8. The van der Waals surface area contributed by atoms with Gasteiger partial charge >= 0.3 is 0 Å². The molecule has 0 spiro atoms. The molecular formula is C22H25F2NO3. The predicted molar refractivity (Wildman–Crippen MR) is 105 cm³/mol. The van der Waals surface area contributed by atoms with Gasteiger partial charge < -0.3 is 5.11 Å². The number of carbonyl (C=O) groups is 1. The zero-order valence-corrected chi connectivity index (χ0v) is 15.9. The molecule has 0 saturated heterocycles. The minimum absolute atomic E-state index is 0.0602. The number of nitrogens with one attached hydrogen (secondary N) is 1. The van der Waals surface area contributed by atoms with E-state index in [9.17, 15) is 18.7 Å². The van der Waals surface area contributed by atoms with E-state index < -0.39 is 23.3 Å². The van der Waals surface area contributed by atoms with Crippen molar-refractivity contribution in [3.63, 3.8) is 0 Å². The normalized spacial score (nSPS) is 16.0. The molecule has 2 rings (SSSR count). The molecule has 0 aliphatic rings. The van der Waals surface area contributed by atoms with Crippen molar-refractivity contribution in [1.29, 1.82) is 0 Å². The summed E-state index contributed by atoms with van der Waals surface area (Å²) in [6, 6.07) is 17.8. The van der Waals surface area contributed by atoms with Gasteiger partial charge in [-0.25, -0.2) is 14.3 Å². The van der Waals surface area contributed by atoms with Crippen molar-refractivity contribution in [2.24, 2.45) is 5.41 Å². The Kier molecular flexibility index (Phi) is 7.05. The molecule has 0 aliphatic carbocycles. The third-order valence-corrected chi connectivity index (χ3v) is 5.28. The third kappa shape index (κ3) is 4.64. The molecular weight excluding hydrogens is 364 g/mol. The molecule has 0 bridgehead atoms. The van der Waals surface area contributed by atoms with Crippen molar-refractivity contribution in [1.82, 2.24) is 5.48 Å². The average Bonchev–Trinajstić information content (AvgIpc) is 2.71. The maximum absolute atomic E-state index is 13.2. The van der Waals surface area contributed by atoms with E-state index in [1.807, 2.05) is 60.7 Å². The van der Waals surface area contributed by atoms with Crippen LogP contribution < -0.4 is 5.48 Å². The third-order valence-electron chi connectivity index (χ3n) is 5.28. The summed E-state index contributed by atoms with van der Waals surface area (Å²) in [6.07, 6.45) is 0.650. The summed E-state index contributed by atoms with van der Waals surface area (Å²) in [5.74, 6) is -1.04. The van der Waals surface area contributed by atoms with Crippen LogP contribution in [-0.4, -0.2) is 28.2 Å². The van der Waals surface area contributed by atoms with Crippen LogP contribution in [0.25, 0.3) is 17.2 Å². The molecule has 0 heterocycles. The first-order chi connectivity index (χ1) is 13.2. The minimum Gasteiger partial charge on any atom is -0.383 e.